The molecule has 0 saturated heterocycles. The lowest BCUT2D eigenvalue weighted by Crippen LogP contribution is -2.02. The summed E-state index contributed by atoms with van der Waals surface area (Å²) in [6, 6.07) is 21.3. The minimum Gasteiger partial charge on any atom is -0.507 e. The third kappa shape index (κ3) is 5.09. The van der Waals surface area contributed by atoms with Crippen molar-refractivity contribution < 1.29 is 19.7 Å². The molecule has 7 nitrogen and oxygen atoms in total. The van der Waals surface area contributed by atoms with Crippen molar-refractivity contribution in [2.45, 2.75) is 26.8 Å². The van der Waals surface area contributed by atoms with E-state index in [4.69, 9.17) is 4.74 Å². The zero-order chi connectivity index (χ0) is 24.1. The van der Waals surface area contributed by atoms with Gasteiger partial charge in [-0.2, -0.15) is 0 Å². The Kier molecular flexibility index (Phi) is 6.92. The van der Waals surface area contributed by atoms with Crippen molar-refractivity contribution in [1.29, 1.82) is 0 Å². The number of carbonyl (C=O) groups excluding carboxylic acids is 1. The van der Waals surface area contributed by atoms with Gasteiger partial charge in [-0.25, -0.2) is 0 Å². The first-order valence-electron chi connectivity index (χ1n) is 11.2. The average molecular weight is 458 g/mol. The predicted molar refractivity (Wildman–Crippen MR) is 131 cm³/mol. The summed E-state index contributed by atoms with van der Waals surface area (Å²) in [5, 5.41) is 29.3. The summed E-state index contributed by atoms with van der Waals surface area (Å²) in [4.78, 5) is 12.4. The molecule has 0 fully saturated rings. The average Bonchev–Trinajstić information content (AvgIpc) is 3.09. The van der Waals surface area contributed by atoms with Gasteiger partial charge in [0.25, 0.3) is 5.91 Å². The molecule has 0 aliphatic heterocycles. The number of carbonyl (C=O) groups is 1. The molecule has 0 radical (unpaired) electrons. The van der Waals surface area contributed by atoms with E-state index in [1.54, 1.807) is 16.7 Å². The van der Waals surface area contributed by atoms with Crippen LogP contribution in [0.3, 0.4) is 0 Å². The molecule has 0 unspecified atom stereocenters. The number of fused-ring (bicyclic) bond motifs is 1. The van der Waals surface area contributed by atoms with Gasteiger partial charge in [0.2, 0.25) is 5.88 Å². The van der Waals surface area contributed by atoms with Crippen LogP contribution in [0, 0.1) is 5.92 Å². The number of hydrogen-bond donors (Lipinski definition) is 2. The highest BCUT2D eigenvalue weighted by atomic mass is 16.5. The minimum atomic E-state index is -0.692. The van der Waals surface area contributed by atoms with Crippen molar-refractivity contribution in [2.24, 2.45) is 16.1 Å². The Hall–Kier alpha value is -4.13. The van der Waals surface area contributed by atoms with Crippen LogP contribution in [0.25, 0.3) is 10.9 Å². The third-order valence-corrected chi connectivity index (χ3v) is 5.52. The summed E-state index contributed by atoms with van der Waals surface area (Å²) < 4.78 is 7.51. The van der Waals surface area contributed by atoms with Crippen LogP contribution in [0.2, 0.25) is 0 Å². The second-order valence-corrected chi connectivity index (χ2v) is 8.47. The summed E-state index contributed by atoms with van der Waals surface area (Å²) in [5.41, 5.74) is 1.99. The molecule has 1 heterocycles. The number of hydrogen-bond acceptors (Lipinski definition) is 5. The number of rotatable bonds is 8. The lowest BCUT2D eigenvalue weighted by atomic mass is 10.1. The molecule has 4 rings (SSSR count). The maximum atomic E-state index is 12.4. The Morgan fingerprint density at radius 3 is 2.41 bits per heavy atom. The molecular formula is C27H27N3O4. The molecule has 3 aromatic carbocycles. The van der Waals surface area contributed by atoms with Crippen LogP contribution < -0.4 is 4.74 Å². The molecule has 7 heteroatoms. The van der Waals surface area contributed by atoms with Crippen LogP contribution in [0.1, 0.15) is 36.2 Å². The first kappa shape index (κ1) is 23.0. The molecule has 0 bridgehead atoms. The highest BCUT2D eigenvalue weighted by molar-refractivity contribution is 5.98. The Bertz CT molecular complexity index is 1320. The number of aromatic hydroxyl groups is 2. The zero-order valence-electron chi connectivity index (χ0n) is 19.2. The Morgan fingerprint density at radius 1 is 0.971 bits per heavy atom. The van der Waals surface area contributed by atoms with Crippen LogP contribution in [0.4, 0.5) is 5.69 Å². The van der Waals surface area contributed by atoms with Crippen molar-refractivity contribution in [3.63, 3.8) is 0 Å². The highest BCUT2D eigenvalue weighted by Gasteiger charge is 2.18. The number of ether oxygens (including phenoxy) is 1. The number of para-hydroxylation sites is 2. The van der Waals surface area contributed by atoms with Gasteiger partial charge in [-0.3, -0.25) is 4.79 Å². The van der Waals surface area contributed by atoms with Crippen LogP contribution in [0.5, 0.6) is 17.4 Å². The molecule has 2 N–H and O–H groups in total. The SMILES string of the molecule is CC(C)CCOc1ccc(Cn2c(O)c(N=NC(=O)c3ccccc3O)c3ccccc32)cc1. The minimum absolute atomic E-state index is 0.0465. The summed E-state index contributed by atoms with van der Waals surface area (Å²) in [5.74, 6) is 0.442. The molecule has 1 aromatic heterocycles. The van der Waals surface area contributed by atoms with Gasteiger partial charge in [0.05, 0.1) is 24.2 Å². The first-order chi connectivity index (χ1) is 16.4. The fraction of sp³-hybridized carbons (Fsp3) is 0.222. The van der Waals surface area contributed by atoms with Gasteiger partial charge in [-0.15, -0.1) is 10.2 Å². The number of benzene rings is 3. The highest BCUT2D eigenvalue weighted by Crippen LogP contribution is 2.39. The largest absolute Gasteiger partial charge is 0.507 e. The van der Waals surface area contributed by atoms with E-state index in [1.165, 1.54) is 12.1 Å². The monoisotopic (exact) mass is 457 g/mol. The van der Waals surface area contributed by atoms with Gasteiger partial charge < -0.3 is 19.5 Å². The number of nitrogens with zero attached hydrogens (tertiary/aromatic N) is 3. The van der Waals surface area contributed by atoms with Crippen LogP contribution in [-0.4, -0.2) is 27.3 Å². The van der Waals surface area contributed by atoms with Gasteiger partial charge in [0.1, 0.15) is 11.5 Å². The molecule has 0 aliphatic carbocycles. The molecule has 0 spiro atoms. The van der Waals surface area contributed by atoms with Crippen LogP contribution >= 0.6 is 0 Å². The second kappa shape index (κ2) is 10.2. The Morgan fingerprint density at radius 2 is 1.68 bits per heavy atom. The van der Waals surface area contributed by atoms with Gasteiger partial charge in [0, 0.05) is 5.39 Å². The smallest absolute Gasteiger partial charge is 0.299 e. The maximum absolute atomic E-state index is 12.4. The fourth-order valence-corrected chi connectivity index (χ4v) is 3.62. The quantitative estimate of drug-likeness (QED) is 0.297. The molecular weight excluding hydrogens is 430 g/mol. The van der Waals surface area contributed by atoms with Crippen molar-refractivity contribution >= 4 is 22.5 Å². The van der Waals surface area contributed by atoms with Gasteiger partial charge >= 0.3 is 0 Å². The van der Waals surface area contributed by atoms with Crippen molar-refractivity contribution in [3.05, 3.63) is 83.9 Å². The first-order valence-corrected chi connectivity index (χ1v) is 11.2. The summed E-state index contributed by atoms with van der Waals surface area (Å²) >= 11 is 0. The lowest BCUT2D eigenvalue weighted by molar-refractivity contribution is 0.0992. The maximum Gasteiger partial charge on any atom is 0.299 e. The van der Waals surface area contributed by atoms with Gasteiger partial charge in [-0.05, 0) is 48.2 Å². The van der Waals surface area contributed by atoms with E-state index in [9.17, 15) is 15.0 Å². The molecule has 0 saturated carbocycles. The second-order valence-electron chi connectivity index (χ2n) is 8.47. The molecule has 34 heavy (non-hydrogen) atoms. The normalized spacial score (nSPS) is 11.5. The number of azo groups is 1. The van der Waals surface area contributed by atoms with E-state index in [1.807, 2.05) is 48.5 Å². The molecule has 0 aliphatic rings. The van der Waals surface area contributed by atoms with E-state index in [0.29, 0.717) is 24.5 Å². The fourth-order valence-electron chi connectivity index (χ4n) is 3.62. The molecule has 174 valence electrons. The number of phenols is 1. The van der Waals surface area contributed by atoms with E-state index < -0.39 is 5.91 Å². The van der Waals surface area contributed by atoms with Crippen molar-refractivity contribution in [1.82, 2.24) is 4.57 Å². The molecule has 1 amide bonds. The van der Waals surface area contributed by atoms with Crippen molar-refractivity contribution in [2.75, 3.05) is 6.61 Å². The number of amides is 1. The number of phenolic OH excluding ortho intramolecular Hbond substituents is 1. The zero-order valence-corrected chi connectivity index (χ0v) is 19.2. The van der Waals surface area contributed by atoms with E-state index in [2.05, 4.69) is 24.1 Å². The third-order valence-electron chi connectivity index (χ3n) is 5.52. The van der Waals surface area contributed by atoms with E-state index in [0.717, 1.165) is 23.3 Å². The van der Waals surface area contributed by atoms with Crippen molar-refractivity contribution in [3.8, 4) is 17.4 Å². The number of aromatic nitrogens is 1. The standard InChI is InChI=1S/C27H27N3O4/c1-18(2)15-16-34-20-13-11-19(12-14-20)17-30-23-9-5-3-7-21(23)25(27(30)33)28-29-26(32)22-8-4-6-10-24(22)31/h3-14,18,31,33H,15-17H2,1-2H3. The molecule has 0 atom stereocenters. The predicted octanol–water partition coefficient (Wildman–Crippen LogP) is 6.45. The Labute approximate surface area is 198 Å². The summed E-state index contributed by atoms with van der Waals surface area (Å²) in [6.45, 7) is 5.40. The van der Waals surface area contributed by atoms with Gasteiger partial charge in [-0.1, -0.05) is 56.3 Å². The molecule has 4 aromatic rings. The lowest BCUT2D eigenvalue weighted by Gasteiger charge is -2.10. The van der Waals surface area contributed by atoms with E-state index in [-0.39, 0.29) is 22.9 Å². The van der Waals surface area contributed by atoms with E-state index >= 15 is 0 Å². The van der Waals surface area contributed by atoms with Crippen LogP contribution in [0.15, 0.2) is 83.0 Å². The Balaban J connectivity index is 1.58. The topological polar surface area (TPSA) is 96.4 Å². The summed E-state index contributed by atoms with van der Waals surface area (Å²) in [7, 11) is 0. The summed E-state index contributed by atoms with van der Waals surface area (Å²) in [6.07, 6.45) is 0.995. The van der Waals surface area contributed by atoms with Crippen LogP contribution in [-0.2, 0) is 6.54 Å². The van der Waals surface area contributed by atoms with Gasteiger partial charge in [0.15, 0.2) is 5.69 Å².